The fraction of sp³-hybridized carbons (Fsp3) is 0.909. The molecule has 0 bridgehead atoms. The molecule has 0 aliphatic carbocycles. The van der Waals surface area contributed by atoms with Crippen LogP contribution in [0.5, 0.6) is 0 Å². The van der Waals surface area contributed by atoms with Crippen molar-refractivity contribution >= 4 is 17.7 Å². The predicted molar refractivity (Wildman–Crippen MR) is 68.1 cm³/mol. The van der Waals surface area contributed by atoms with Crippen molar-refractivity contribution < 1.29 is 4.79 Å². The number of carbonyl (C=O) groups is 1. The summed E-state index contributed by atoms with van der Waals surface area (Å²) in [7, 11) is 0. The summed E-state index contributed by atoms with van der Waals surface area (Å²) in [6, 6.07) is -0.327. The standard InChI is InChI=1S/C11H24N2OS/c1-4-5-6-10(12)11(14)13-7-9(2)8-15-3/h9-10H,4-8,12H2,1-3H3,(H,13,14)/t9?,10-/m0/s1. The number of thioether (sulfide) groups is 1. The van der Waals surface area contributed by atoms with E-state index in [4.69, 9.17) is 5.73 Å². The molecular formula is C11H24N2OS. The van der Waals surface area contributed by atoms with Gasteiger partial charge in [0.2, 0.25) is 5.91 Å². The van der Waals surface area contributed by atoms with Crippen LogP contribution in [0.4, 0.5) is 0 Å². The summed E-state index contributed by atoms with van der Waals surface area (Å²) >= 11 is 1.80. The molecule has 0 rings (SSSR count). The molecule has 2 atom stereocenters. The molecule has 90 valence electrons. The van der Waals surface area contributed by atoms with E-state index in [2.05, 4.69) is 25.4 Å². The van der Waals surface area contributed by atoms with E-state index in [9.17, 15) is 4.79 Å². The van der Waals surface area contributed by atoms with Crippen molar-refractivity contribution in [3.05, 3.63) is 0 Å². The van der Waals surface area contributed by atoms with Crippen LogP contribution in [-0.4, -0.2) is 30.5 Å². The second kappa shape index (κ2) is 9.04. The van der Waals surface area contributed by atoms with Gasteiger partial charge in [0.15, 0.2) is 0 Å². The number of rotatable bonds is 8. The Kier molecular flexibility index (Phi) is 8.91. The Bertz CT molecular complexity index is 176. The van der Waals surface area contributed by atoms with Crippen molar-refractivity contribution in [3.8, 4) is 0 Å². The lowest BCUT2D eigenvalue weighted by atomic mass is 10.1. The molecule has 4 heteroatoms. The van der Waals surface area contributed by atoms with Crippen molar-refractivity contribution in [2.45, 2.75) is 39.2 Å². The first-order chi connectivity index (χ1) is 7.11. The van der Waals surface area contributed by atoms with Crippen LogP contribution in [0.25, 0.3) is 0 Å². The van der Waals surface area contributed by atoms with Crippen LogP contribution in [0.2, 0.25) is 0 Å². The van der Waals surface area contributed by atoms with Gasteiger partial charge in [0.25, 0.3) is 0 Å². The van der Waals surface area contributed by atoms with E-state index >= 15 is 0 Å². The van der Waals surface area contributed by atoms with Crippen LogP contribution in [-0.2, 0) is 4.79 Å². The second-order valence-corrected chi connectivity index (χ2v) is 4.97. The van der Waals surface area contributed by atoms with Gasteiger partial charge in [-0.3, -0.25) is 4.79 Å². The molecule has 0 saturated carbocycles. The van der Waals surface area contributed by atoms with Gasteiger partial charge in [0, 0.05) is 6.54 Å². The zero-order valence-electron chi connectivity index (χ0n) is 10.1. The summed E-state index contributed by atoms with van der Waals surface area (Å²) in [4.78, 5) is 11.5. The molecule has 1 amide bonds. The van der Waals surface area contributed by atoms with E-state index in [1.165, 1.54) is 0 Å². The smallest absolute Gasteiger partial charge is 0.236 e. The van der Waals surface area contributed by atoms with Gasteiger partial charge in [-0.25, -0.2) is 0 Å². The largest absolute Gasteiger partial charge is 0.354 e. The van der Waals surface area contributed by atoms with Crippen molar-refractivity contribution in [1.29, 1.82) is 0 Å². The molecule has 0 aromatic carbocycles. The maximum absolute atomic E-state index is 11.5. The number of nitrogens with two attached hydrogens (primary N) is 1. The molecule has 3 nitrogen and oxygen atoms in total. The van der Waals surface area contributed by atoms with E-state index in [1.54, 1.807) is 11.8 Å². The average molecular weight is 232 g/mol. The Labute approximate surface area is 97.6 Å². The molecule has 0 spiro atoms. The van der Waals surface area contributed by atoms with Gasteiger partial charge in [-0.15, -0.1) is 0 Å². The van der Waals surface area contributed by atoms with Gasteiger partial charge in [-0.05, 0) is 24.3 Å². The van der Waals surface area contributed by atoms with Gasteiger partial charge in [-0.1, -0.05) is 26.7 Å². The Morgan fingerprint density at radius 1 is 1.53 bits per heavy atom. The molecule has 0 saturated heterocycles. The van der Waals surface area contributed by atoms with Crippen LogP contribution in [0.3, 0.4) is 0 Å². The zero-order valence-corrected chi connectivity index (χ0v) is 10.9. The first-order valence-electron chi connectivity index (χ1n) is 5.64. The average Bonchev–Trinajstić information content (AvgIpc) is 2.22. The number of hydrogen-bond donors (Lipinski definition) is 2. The molecule has 0 aliphatic heterocycles. The molecule has 3 N–H and O–H groups in total. The molecule has 0 fully saturated rings. The highest BCUT2D eigenvalue weighted by Crippen LogP contribution is 2.03. The molecule has 0 radical (unpaired) electrons. The fourth-order valence-corrected chi connectivity index (χ4v) is 1.99. The quantitative estimate of drug-likeness (QED) is 0.668. The first kappa shape index (κ1) is 14.8. The minimum Gasteiger partial charge on any atom is -0.354 e. The van der Waals surface area contributed by atoms with Gasteiger partial charge in [0.1, 0.15) is 0 Å². The van der Waals surface area contributed by atoms with E-state index in [-0.39, 0.29) is 11.9 Å². The molecule has 0 aliphatic rings. The SMILES string of the molecule is CCCC[C@H](N)C(=O)NCC(C)CSC. The summed E-state index contributed by atoms with van der Waals surface area (Å²) in [5.74, 6) is 1.59. The van der Waals surface area contributed by atoms with Crippen LogP contribution in [0.1, 0.15) is 33.1 Å². The number of carbonyl (C=O) groups excluding carboxylic acids is 1. The number of amides is 1. The summed E-state index contributed by atoms with van der Waals surface area (Å²) in [5, 5.41) is 2.90. The molecule has 0 aromatic rings. The van der Waals surface area contributed by atoms with E-state index in [0.29, 0.717) is 5.92 Å². The van der Waals surface area contributed by atoms with Gasteiger partial charge in [0.05, 0.1) is 6.04 Å². The van der Waals surface area contributed by atoms with Crippen molar-refractivity contribution in [2.75, 3.05) is 18.6 Å². The topological polar surface area (TPSA) is 55.1 Å². The van der Waals surface area contributed by atoms with Crippen LogP contribution in [0.15, 0.2) is 0 Å². The molecular weight excluding hydrogens is 208 g/mol. The normalized spacial score (nSPS) is 14.7. The Hall–Kier alpha value is -0.220. The Morgan fingerprint density at radius 3 is 2.73 bits per heavy atom. The fourth-order valence-electron chi connectivity index (χ4n) is 1.30. The monoisotopic (exact) mass is 232 g/mol. The highest BCUT2D eigenvalue weighted by atomic mass is 32.2. The lowest BCUT2D eigenvalue weighted by molar-refractivity contribution is -0.122. The molecule has 1 unspecified atom stereocenters. The maximum Gasteiger partial charge on any atom is 0.236 e. The summed E-state index contributed by atoms with van der Waals surface area (Å²) in [5.41, 5.74) is 5.75. The van der Waals surface area contributed by atoms with Gasteiger partial charge >= 0.3 is 0 Å². The predicted octanol–water partition coefficient (Wildman–Crippen LogP) is 1.62. The highest BCUT2D eigenvalue weighted by Gasteiger charge is 2.12. The minimum absolute atomic E-state index is 0.00333. The van der Waals surface area contributed by atoms with Crippen molar-refractivity contribution in [3.63, 3.8) is 0 Å². The lowest BCUT2D eigenvalue weighted by Gasteiger charge is -2.14. The zero-order chi connectivity index (χ0) is 11.7. The van der Waals surface area contributed by atoms with Crippen LogP contribution >= 0.6 is 11.8 Å². The Morgan fingerprint density at radius 2 is 2.20 bits per heavy atom. The third-order valence-electron chi connectivity index (χ3n) is 2.28. The number of unbranched alkanes of at least 4 members (excludes halogenated alkanes) is 1. The second-order valence-electron chi connectivity index (χ2n) is 4.05. The number of nitrogens with one attached hydrogen (secondary N) is 1. The molecule has 0 aromatic heterocycles. The first-order valence-corrected chi connectivity index (χ1v) is 7.03. The summed E-state index contributed by atoms with van der Waals surface area (Å²) in [6.07, 6.45) is 4.98. The Balaban J connectivity index is 3.63. The lowest BCUT2D eigenvalue weighted by Crippen LogP contribution is -2.42. The number of hydrogen-bond acceptors (Lipinski definition) is 3. The van der Waals surface area contributed by atoms with Gasteiger partial charge in [-0.2, -0.15) is 11.8 Å². The molecule has 15 heavy (non-hydrogen) atoms. The molecule has 0 heterocycles. The van der Waals surface area contributed by atoms with E-state index < -0.39 is 0 Å². The third kappa shape index (κ3) is 7.68. The highest BCUT2D eigenvalue weighted by molar-refractivity contribution is 7.98. The summed E-state index contributed by atoms with van der Waals surface area (Å²) in [6.45, 7) is 4.97. The maximum atomic E-state index is 11.5. The van der Waals surface area contributed by atoms with Gasteiger partial charge < -0.3 is 11.1 Å². The summed E-state index contributed by atoms with van der Waals surface area (Å²) < 4.78 is 0. The van der Waals surface area contributed by atoms with Crippen LogP contribution < -0.4 is 11.1 Å². The van der Waals surface area contributed by atoms with E-state index in [0.717, 1.165) is 31.6 Å². The minimum atomic E-state index is -0.327. The van der Waals surface area contributed by atoms with E-state index in [1.807, 2.05) is 0 Å². The van der Waals surface area contributed by atoms with Crippen molar-refractivity contribution in [1.82, 2.24) is 5.32 Å². The van der Waals surface area contributed by atoms with Crippen molar-refractivity contribution in [2.24, 2.45) is 11.7 Å². The third-order valence-corrected chi connectivity index (χ3v) is 3.18. The van der Waals surface area contributed by atoms with Crippen LogP contribution in [0, 0.1) is 5.92 Å².